The molecule has 0 bridgehead atoms. The van der Waals surface area contributed by atoms with Crippen molar-refractivity contribution >= 4 is 33.0 Å². The molecular weight excluding hydrogens is 301 g/mol. The Morgan fingerprint density at radius 1 is 1.35 bits per heavy atom. The number of anilines is 1. The summed E-state index contributed by atoms with van der Waals surface area (Å²) in [5, 5.41) is 5.29. The van der Waals surface area contributed by atoms with E-state index in [1.165, 1.54) is 10.9 Å². The summed E-state index contributed by atoms with van der Waals surface area (Å²) in [6.07, 6.45) is 0.918. The molecule has 0 aliphatic carbocycles. The van der Waals surface area contributed by atoms with Crippen molar-refractivity contribution in [2.75, 3.05) is 5.32 Å². The Morgan fingerprint density at radius 2 is 2.18 bits per heavy atom. The van der Waals surface area contributed by atoms with Gasteiger partial charge in [0.15, 0.2) is 0 Å². The summed E-state index contributed by atoms with van der Waals surface area (Å²) < 4.78 is 14.5. The normalized spacial score (nSPS) is 12.4. The summed E-state index contributed by atoms with van der Waals surface area (Å²) in [5.74, 6) is -0.227. The molecule has 0 aliphatic rings. The maximum atomic E-state index is 13.7. The summed E-state index contributed by atoms with van der Waals surface area (Å²) in [7, 11) is 0. The number of thiophene rings is 1. The van der Waals surface area contributed by atoms with Gasteiger partial charge in [0.25, 0.3) is 0 Å². The molecule has 2 aromatic rings. The molecule has 4 heteroatoms. The second-order valence-electron chi connectivity index (χ2n) is 3.72. The van der Waals surface area contributed by atoms with Gasteiger partial charge in [0, 0.05) is 9.35 Å². The van der Waals surface area contributed by atoms with E-state index in [2.05, 4.69) is 34.2 Å². The summed E-state index contributed by atoms with van der Waals surface area (Å²) in [5.41, 5.74) is 0.535. The first-order valence-electron chi connectivity index (χ1n) is 5.46. The molecule has 0 fully saturated rings. The van der Waals surface area contributed by atoms with Gasteiger partial charge in [-0.15, -0.1) is 11.3 Å². The number of hydrogen-bond donors (Lipinski definition) is 1. The molecule has 1 atom stereocenters. The number of hydrogen-bond acceptors (Lipinski definition) is 2. The van der Waals surface area contributed by atoms with E-state index >= 15 is 0 Å². The third kappa shape index (κ3) is 2.87. The molecule has 1 heterocycles. The van der Waals surface area contributed by atoms with E-state index in [9.17, 15) is 4.39 Å². The SMILES string of the molecule is CCC(Nc1c(F)cccc1Br)c1cccs1. The number of rotatable bonds is 4. The predicted molar refractivity (Wildman–Crippen MR) is 75.1 cm³/mol. The zero-order valence-corrected chi connectivity index (χ0v) is 11.8. The van der Waals surface area contributed by atoms with E-state index in [0.29, 0.717) is 5.69 Å². The minimum atomic E-state index is -0.227. The Labute approximate surface area is 113 Å². The second kappa shape index (κ2) is 5.65. The van der Waals surface area contributed by atoms with Gasteiger partial charge in [0.05, 0.1) is 11.7 Å². The van der Waals surface area contributed by atoms with Gasteiger partial charge in [-0.05, 0) is 45.9 Å². The number of para-hydroxylation sites is 1. The topological polar surface area (TPSA) is 12.0 Å². The summed E-state index contributed by atoms with van der Waals surface area (Å²) in [6.45, 7) is 2.09. The first-order chi connectivity index (χ1) is 8.22. The van der Waals surface area contributed by atoms with E-state index in [0.717, 1.165) is 10.9 Å². The van der Waals surface area contributed by atoms with Crippen molar-refractivity contribution in [1.82, 2.24) is 0 Å². The average molecular weight is 314 g/mol. The second-order valence-corrected chi connectivity index (χ2v) is 5.55. The van der Waals surface area contributed by atoms with Crippen molar-refractivity contribution in [3.05, 3.63) is 50.9 Å². The molecule has 1 N–H and O–H groups in total. The lowest BCUT2D eigenvalue weighted by Gasteiger charge is -2.18. The Kier molecular flexibility index (Phi) is 4.18. The molecule has 2 rings (SSSR count). The standard InChI is InChI=1S/C13H13BrFNS/c1-2-11(12-7-4-8-17-12)16-13-9(14)5-3-6-10(13)15/h3-8,11,16H,2H2,1H3. The molecular formula is C13H13BrFNS. The van der Waals surface area contributed by atoms with Crippen LogP contribution in [0.15, 0.2) is 40.2 Å². The highest BCUT2D eigenvalue weighted by molar-refractivity contribution is 9.10. The largest absolute Gasteiger partial charge is 0.374 e. The van der Waals surface area contributed by atoms with Crippen molar-refractivity contribution in [2.45, 2.75) is 19.4 Å². The van der Waals surface area contributed by atoms with E-state index in [-0.39, 0.29) is 11.9 Å². The Bertz CT molecular complexity index is 464. The zero-order valence-electron chi connectivity index (χ0n) is 9.41. The third-order valence-corrected chi connectivity index (χ3v) is 4.22. The molecule has 1 nitrogen and oxygen atoms in total. The maximum absolute atomic E-state index is 13.7. The fourth-order valence-electron chi connectivity index (χ4n) is 1.67. The molecule has 17 heavy (non-hydrogen) atoms. The van der Waals surface area contributed by atoms with Gasteiger partial charge in [-0.25, -0.2) is 4.39 Å². The quantitative estimate of drug-likeness (QED) is 0.816. The van der Waals surface area contributed by atoms with Gasteiger partial charge >= 0.3 is 0 Å². The van der Waals surface area contributed by atoms with Gasteiger partial charge in [-0.1, -0.05) is 19.1 Å². The Hall–Kier alpha value is -0.870. The zero-order chi connectivity index (χ0) is 12.3. The van der Waals surface area contributed by atoms with Crippen LogP contribution in [0, 0.1) is 5.82 Å². The lowest BCUT2D eigenvalue weighted by Crippen LogP contribution is -2.09. The van der Waals surface area contributed by atoms with Crippen molar-refractivity contribution in [3.8, 4) is 0 Å². The van der Waals surface area contributed by atoms with Crippen molar-refractivity contribution in [1.29, 1.82) is 0 Å². The van der Waals surface area contributed by atoms with Gasteiger partial charge in [-0.3, -0.25) is 0 Å². The van der Waals surface area contributed by atoms with E-state index in [1.807, 2.05) is 17.5 Å². The van der Waals surface area contributed by atoms with Gasteiger partial charge in [0.2, 0.25) is 0 Å². The maximum Gasteiger partial charge on any atom is 0.147 e. The fourth-order valence-corrected chi connectivity index (χ4v) is 2.99. The number of benzene rings is 1. The van der Waals surface area contributed by atoms with E-state index in [1.54, 1.807) is 17.4 Å². The number of halogens is 2. The fraction of sp³-hybridized carbons (Fsp3) is 0.231. The van der Waals surface area contributed by atoms with E-state index in [4.69, 9.17) is 0 Å². The van der Waals surface area contributed by atoms with Gasteiger partial charge < -0.3 is 5.32 Å². The molecule has 1 aromatic carbocycles. The highest BCUT2D eigenvalue weighted by Gasteiger charge is 2.14. The number of nitrogens with one attached hydrogen (secondary N) is 1. The Balaban J connectivity index is 2.25. The van der Waals surface area contributed by atoms with Crippen LogP contribution >= 0.6 is 27.3 Å². The molecule has 0 radical (unpaired) electrons. The lowest BCUT2D eigenvalue weighted by atomic mass is 10.1. The molecule has 0 saturated heterocycles. The van der Waals surface area contributed by atoms with Crippen LogP contribution in [0.25, 0.3) is 0 Å². The smallest absolute Gasteiger partial charge is 0.147 e. The van der Waals surface area contributed by atoms with Crippen LogP contribution in [-0.4, -0.2) is 0 Å². The van der Waals surface area contributed by atoms with Crippen LogP contribution in [0.4, 0.5) is 10.1 Å². The highest BCUT2D eigenvalue weighted by Crippen LogP contribution is 2.31. The van der Waals surface area contributed by atoms with Crippen LogP contribution in [-0.2, 0) is 0 Å². The molecule has 0 spiro atoms. The Morgan fingerprint density at radius 3 is 2.76 bits per heavy atom. The summed E-state index contributed by atoms with van der Waals surface area (Å²) in [6, 6.07) is 9.24. The van der Waals surface area contributed by atoms with Crippen molar-refractivity contribution < 1.29 is 4.39 Å². The molecule has 0 aliphatic heterocycles. The molecule has 0 amide bonds. The minimum Gasteiger partial charge on any atom is -0.374 e. The van der Waals surface area contributed by atoms with E-state index < -0.39 is 0 Å². The van der Waals surface area contributed by atoms with Crippen molar-refractivity contribution in [2.24, 2.45) is 0 Å². The minimum absolute atomic E-state index is 0.156. The van der Waals surface area contributed by atoms with Crippen LogP contribution in [0.2, 0.25) is 0 Å². The first kappa shape index (κ1) is 12.6. The summed E-state index contributed by atoms with van der Waals surface area (Å²) >= 11 is 5.06. The molecule has 1 aromatic heterocycles. The predicted octanol–water partition coefficient (Wildman–Crippen LogP) is 5.21. The first-order valence-corrected chi connectivity index (χ1v) is 7.13. The van der Waals surface area contributed by atoms with Crippen LogP contribution in [0.3, 0.4) is 0 Å². The monoisotopic (exact) mass is 313 g/mol. The molecule has 90 valence electrons. The molecule has 0 saturated carbocycles. The average Bonchev–Trinajstić information content (AvgIpc) is 2.82. The van der Waals surface area contributed by atoms with Crippen LogP contribution in [0.1, 0.15) is 24.3 Å². The summed E-state index contributed by atoms with van der Waals surface area (Å²) in [4.78, 5) is 1.22. The van der Waals surface area contributed by atoms with Crippen LogP contribution < -0.4 is 5.32 Å². The van der Waals surface area contributed by atoms with Crippen molar-refractivity contribution in [3.63, 3.8) is 0 Å². The highest BCUT2D eigenvalue weighted by atomic mass is 79.9. The van der Waals surface area contributed by atoms with Gasteiger partial charge in [0.1, 0.15) is 5.82 Å². The van der Waals surface area contributed by atoms with Crippen LogP contribution in [0.5, 0.6) is 0 Å². The molecule has 1 unspecified atom stereocenters. The third-order valence-electron chi connectivity index (χ3n) is 2.58. The van der Waals surface area contributed by atoms with Gasteiger partial charge in [-0.2, -0.15) is 0 Å². The lowest BCUT2D eigenvalue weighted by molar-refractivity contribution is 0.623.